The molecule has 23 heavy (non-hydrogen) atoms. The van der Waals surface area contributed by atoms with Gasteiger partial charge in [-0.25, -0.2) is 4.98 Å². The Bertz CT molecular complexity index is 692. The van der Waals surface area contributed by atoms with Gasteiger partial charge in [-0.1, -0.05) is 30.3 Å². The van der Waals surface area contributed by atoms with Gasteiger partial charge in [-0.3, -0.25) is 4.90 Å². The third kappa shape index (κ3) is 3.79. The lowest BCUT2D eigenvalue weighted by molar-refractivity contribution is 0.285. The van der Waals surface area contributed by atoms with E-state index in [-0.39, 0.29) is 0 Å². The Morgan fingerprint density at radius 2 is 1.87 bits per heavy atom. The van der Waals surface area contributed by atoms with Crippen molar-refractivity contribution < 1.29 is 0 Å². The van der Waals surface area contributed by atoms with Gasteiger partial charge in [0, 0.05) is 32.7 Å². The lowest BCUT2D eigenvalue weighted by Gasteiger charge is -2.23. The summed E-state index contributed by atoms with van der Waals surface area (Å²) in [6.45, 7) is 4.94. The maximum absolute atomic E-state index is 8.95. The van der Waals surface area contributed by atoms with E-state index in [0.717, 1.165) is 45.0 Å². The highest BCUT2D eigenvalue weighted by Crippen LogP contribution is 2.18. The van der Waals surface area contributed by atoms with E-state index in [1.54, 1.807) is 6.07 Å². The zero-order chi connectivity index (χ0) is 16.1. The van der Waals surface area contributed by atoms with Gasteiger partial charge in [-0.05, 0) is 24.1 Å². The molecular weight excluding hydrogens is 286 g/mol. The van der Waals surface area contributed by atoms with E-state index < -0.39 is 0 Å². The first kappa shape index (κ1) is 15.3. The van der Waals surface area contributed by atoms with Crippen LogP contribution in [0.15, 0.2) is 42.5 Å². The fourth-order valence-electron chi connectivity index (χ4n) is 2.93. The normalized spacial score (nSPS) is 15.9. The first-order valence-electron chi connectivity index (χ1n) is 7.94. The molecule has 1 aromatic heterocycles. The van der Waals surface area contributed by atoms with Crippen LogP contribution in [0.2, 0.25) is 0 Å². The van der Waals surface area contributed by atoms with Gasteiger partial charge in [-0.2, -0.15) is 5.26 Å². The van der Waals surface area contributed by atoms with E-state index >= 15 is 0 Å². The average Bonchev–Trinajstić information content (AvgIpc) is 2.81. The number of nitriles is 1. The molecule has 2 N–H and O–H groups in total. The molecule has 1 fully saturated rings. The minimum atomic E-state index is 0.315. The van der Waals surface area contributed by atoms with Crippen LogP contribution >= 0.6 is 0 Å². The van der Waals surface area contributed by atoms with Crippen LogP contribution in [0.4, 0.5) is 11.6 Å². The van der Waals surface area contributed by atoms with Crippen molar-refractivity contribution in [2.75, 3.05) is 36.8 Å². The van der Waals surface area contributed by atoms with Gasteiger partial charge in [0.2, 0.25) is 0 Å². The largest absolute Gasteiger partial charge is 0.383 e. The highest BCUT2D eigenvalue weighted by atomic mass is 15.2. The van der Waals surface area contributed by atoms with Crippen LogP contribution in [0, 0.1) is 11.3 Å². The monoisotopic (exact) mass is 307 g/mol. The first-order valence-corrected chi connectivity index (χ1v) is 7.94. The molecule has 0 aliphatic carbocycles. The lowest BCUT2D eigenvalue weighted by Crippen LogP contribution is -2.31. The minimum Gasteiger partial charge on any atom is -0.383 e. The van der Waals surface area contributed by atoms with E-state index in [4.69, 9.17) is 11.0 Å². The second kappa shape index (κ2) is 7.12. The van der Waals surface area contributed by atoms with Crippen molar-refractivity contribution in [2.45, 2.75) is 13.0 Å². The summed E-state index contributed by atoms with van der Waals surface area (Å²) in [6, 6.07) is 16.3. The van der Waals surface area contributed by atoms with E-state index in [1.807, 2.05) is 6.07 Å². The number of nitrogen functional groups attached to an aromatic ring is 1. The van der Waals surface area contributed by atoms with Crippen LogP contribution in [0.3, 0.4) is 0 Å². The van der Waals surface area contributed by atoms with Crippen molar-refractivity contribution in [1.29, 1.82) is 5.26 Å². The van der Waals surface area contributed by atoms with E-state index in [2.05, 4.69) is 51.2 Å². The molecule has 1 aliphatic rings. The van der Waals surface area contributed by atoms with E-state index in [1.165, 1.54) is 5.56 Å². The molecule has 2 aromatic rings. The molecule has 0 spiro atoms. The van der Waals surface area contributed by atoms with E-state index in [9.17, 15) is 0 Å². The molecule has 5 heteroatoms. The summed E-state index contributed by atoms with van der Waals surface area (Å²) in [5.41, 5.74) is 7.62. The molecule has 5 nitrogen and oxygen atoms in total. The van der Waals surface area contributed by atoms with Gasteiger partial charge >= 0.3 is 0 Å². The summed E-state index contributed by atoms with van der Waals surface area (Å²) >= 11 is 0. The maximum Gasteiger partial charge on any atom is 0.143 e. The Hall–Kier alpha value is -2.58. The second-order valence-corrected chi connectivity index (χ2v) is 5.82. The van der Waals surface area contributed by atoms with Gasteiger partial charge in [0.15, 0.2) is 0 Å². The van der Waals surface area contributed by atoms with Crippen LogP contribution in [-0.4, -0.2) is 36.1 Å². The topological polar surface area (TPSA) is 69.2 Å². The zero-order valence-electron chi connectivity index (χ0n) is 13.2. The molecular formula is C18H21N5. The summed E-state index contributed by atoms with van der Waals surface area (Å²) in [5, 5.41) is 8.95. The standard InChI is InChI=1S/C18H21N5/c19-13-16-7-8-17(21-18(16)20)23-10-4-9-22(11-12-23)14-15-5-2-1-3-6-15/h1-3,5-8H,4,9-12,14H2,(H2,20,21). The van der Waals surface area contributed by atoms with Crippen LogP contribution in [0.1, 0.15) is 17.5 Å². The minimum absolute atomic E-state index is 0.315. The number of benzene rings is 1. The predicted octanol–water partition coefficient (Wildman–Crippen LogP) is 2.25. The molecule has 0 saturated carbocycles. The molecule has 0 atom stereocenters. The molecule has 1 aromatic carbocycles. The number of aromatic nitrogens is 1. The average molecular weight is 307 g/mol. The van der Waals surface area contributed by atoms with Crippen LogP contribution in [0.5, 0.6) is 0 Å². The third-order valence-corrected chi connectivity index (χ3v) is 4.19. The summed E-state index contributed by atoms with van der Waals surface area (Å²) < 4.78 is 0. The predicted molar refractivity (Wildman–Crippen MR) is 91.9 cm³/mol. The fraction of sp³-hybridized carbons (Fsp3) is 0.333. The van der Waals surface area contributed by atoms with Crippen molar-refractivity contribution in [1.82, 2.24) is 9.88 Å². The number of pyridine rings is 1. The van der Waals surface area contributed by atoms with Gasteiger partial charge in [0.05, 0.1) is 5.56 Å². The van der Waals surface area contributed by atoms with Crippen molar-refractivity contribution in [3.8, 4) is 6.07 Å². The second-order valence-electron chi connectivity index (χ2n) is 5.82. The quantitative estimate of drug-likeness (QED) is 0.942. The molecule has 3 rings (SSSR count). The van der Waals surface area contributed by atoms with Crippen LogP contribution in [0.25, 0.3) is 0 Å². The zero-order valence-corrected chi connectivity index (χ0v) is 13.2. The SMILES string of the molecule is N#Cc1ccc(N2CCCN(Cc3ccccc3)CC2)nc1N. The Labute approximate surface area is 137 Å². The van der Waals surface area contributed by atoms with Gasteiger partial charge in [0.1, 0.15) is 17.7 Å². The molecule has 0 bridgehead atoms. The Kier molecular flexibility index (Phi) is 4.74. The first-order chi connectivity index (χ1) is 11.3. The van der Waals surface area contributed by atoms with Crippen molar-refractivity contribution in [3.05, 3.63) is 53.6 Å². The summed E-state index contributed by atoms with van der Waals surface area (Å²) in [7, 11) is 0. The smallest absolute Gasteiger partial charge is 0.143 e. The number of hydrogen-bond donors (Lipinski definition) is 1. The summed E-state index contributed by atoms with van der Waals surface area (Å²) in [6.07, 6.45) is 1.09. The fourth-order valence-corrected chi connectivity index (χ4v) is 2.93. The van der Waals surface area contributed by atoms with Crippen molar-refractivity contribution >= 4 is 11.6 Å². The van der Waals surface area contributed by atoms with Crippen LogP contribution < -0.4 is 10.6 Å². The van der Waals surface area contributed by atoms with E-state index in [0.29, 0.717) is 11.4 Å². The third-order valence-electron chi connectivity index (χ3n) is 4.19. The number of rotatable bonds is 3. The summed E-state index contributed by atoms with van der Waals surface area (Å²) in [5.74, 6) is 1.18. The van der Waals surface area contributed by atoms with Gasteiger partial charge in [-0.15, -0.1) is 0 Å². The lowest BCUT2D eigenvalue weighted by atomic mass is 10.2. The molecule has 0 radical (unpaired) electrons. The van der Waals surface area contributed by atoms with Gasteiger partial charge < -0.3 is 10.6 Å². The Morgan fingerprint density at radius 3 is 2.61 bits per heavy atom. The molecule has 118 valence electrons. The number of nitrogens with two attached hydrogens (primary N) is 1. The van der Waals surface area contributed by atoms with Crippen molar-refractivity contribution in [3.63, 3.8) is 0 Å². The van der Waals surface area contributed by atoms with Crippen LogP contribution in [-0.2, 0) is 6.54 Å². The Morgan fingerprint density at radius 1 is 1.04 bits per heavy atom. The summed E-state index contributed by atoms with van der Waals surface area (Å²) in [4.78, 5) is 9.11. The number of nitrogens with zero attached hydrogens (tertiary/aromatic N) is 4. The van der Waals surface area contributed by atoms with Crippen molar-refractivity contribution in [2.24, 2.45) is 0 Å². The molecule has 1 aliphatic heterocycles. The molecule has 0 unspecified atom stereocenters. The molecule has 2 heterocycles. The molecule has 0 amide bonds. The van der Waals surface area contributed by atoms with Gasteiger partial charge in [0.25, 0.3) is 0 Å². The highest BCUT2D eigenvalue weighted by molar-refractivity contribution is 5.54. The number of anilines is 2. The Balaban J connectivity index is 1.64. The number of hydrogen-bond acceptors (Lipinski definition) is 5. The highest BCUT2D eigenvalue weighted by Gasteiger charge is 2.17. The molecule has 1 saturated heterocycles. The maximum atomic E-state index is 8.95.